The largest absolute Gasteiger partial charge is 0.354 e. The van der Waals surface area contributed by atoms with E-state index in [1.54, 1.807) is 7.05 Å². The first-order valence-corrected chi connectivity index (χ1v) is 7.27. The second-order valence-corrected chi connectivity index (χ2v) is 4.81. The standard InChI is InChI=1S/C15H20N6O.2H2/c1-5-10-7-13(20-21-14(10)15(22)16-4)19-12-8-11(6-2)17-9(3)18-12;;/h7-8H,5-6H2,1-4H3,(H,16,22)(H,17,18,19,20);2*1H. The third kappa shape index (κ3) is 3.55. The van der Waals surface area contributed by atoms with Crippen molar-refractivity contribution in [2.75, 3.05) is 12.4 Å². The number of aryl methyl sites for hydroxylation is 3. The van der Waals surface area contributed by atoms with Gasteiger partial charge in [0.25, 0.3) is 5.91 Å². The summed E-state index contributed by atoms with van der Waals surface area (Å²) < 4.78 is 0. The maximum Gasteiger partial charge on any atom is 0.271 e. The number of carbonyl (C=O) groups excluding carboxylic acids is 1. The van der Waals surface area contributed by atoms with Gasteiger partial charge < -0.3 is 10.6 Å². The third-order valence-electron chi connectivity index (χ3n) is 3.21. The molecular weight excluding hydrogens is 280 g/mol. The Kier molecular flexibility index (Phi) is 4.98. The van der Waals surface area contributed by atoms with Gasteiger partial charge in [-0.25, -0.2) is 9.97 Å². The summed E-state index contributed by atoms with van der Waals surface area (Å²) in [6, 6.07) is 3.70. The number of hydrogen-bond acceptors (Lipinski definition) is 6. The van der Waals surface area contributed by atoms with Crippen molar-refractivity contribution in [3.63, 3.8) is 0 Å². The smallest absolute Gasteiger partial charge is 0.271 e. The SMILES string of the molecule is CCc1cc(Nc2cc(CC)c(C(=O)NC)nn2)nc(C)n1.[HH].[HH]. The fourth-order valence-electron chi connectivity index (χ4n) is 2.08. The molecule has 1 amide bonds. The summed E-state index contributed by atoms with van der Waals surface area (Å²) in [7, 11) is 1.57. The van der Waals surface area contributed by atoms with E-state index in [0.717, 1.165) is 17.7 Å². The van der Waals surface area contributed by atoms with E-state index in [-0.39, 0.29) is 8.76 Å². The van der Waals surface area contributed by atoms with Crippen LogP contribution in [0.3, 0.4) is 0 Å². The molecule has 2 aromatic heterocycles. The predicted molar refractivity (Wildman–Crippen MR) is 88.5 cm³/mol. The van der Waals surface area contributed by atoms with Crippen molar-refractivity contribution in [3.8, 4) is 0 Å². The first-order chi connectivity index (χ1) is 10.6. The minimum Gasteiger partial charge on any atom is -0.354 e. The van der Waals surface area contributed by atoms with Crippen LogP contribution in [0.4, 0.5) is 11.6 Å². The minimum absolute atomic E-state index is 0. The van der Waals surface area contributed by atoms with Crippen molar-refractivity contribution in [3.05, 3.63) is 34.9 Å². The normalized spacial score (nSPS) is 10.4. The summed E-state index contributed by atoms with van der Waals surface area (Å²) in [6.07, 6.45) is 1.52. The first kappa shape index (κ1) is 15.8. The Morgan fingerprint density at radius 3 is 2.55 bits per heavy atom. The van der Waals surface area contributed by atoms with Gasteiger partial charge in [0.1, 0.15) is 11.6 Å². The summed E-state index contributed by atoms with van der Waals surface area (Å²) >= 11 is 0. The van der Waals surface area contributed by atoms with Crippen molar-refractivity contribution >= 4 is 17.5 Å². The van der Waals surface area contributed by atoms with Crippen molar-refractivity contribution < 1.29 is 7.65 Å². The van der Waals surface area contributed by atoms with Crippen LogP contribution in [0.1, 0.15) is 44.3 Å². The molecule has 0 spiro atoms. The molecule has 0 aromatic carbocycles. The molecule has 0 aliphatic rings. The molecule has 2 N–H and O–H groups in total. The number of aromatic nitrogens is 4. The Balaban J connectivity index is 0.00000264. The van der Waals surface area contributed by atoms with Gasteiger partial charge >= 0.3 is 0 Å². The van der Waals surface area contributed by atoms with Crippen LogP contribution in [0.15, 0.2) is 12.1 Å². The third-order valence-corrected chi connectivity index (χ3v) is 3.21. The van der Waals surface area contributed by atoms with Crippen molar-refractivity contribution in [1.82, 2.24) is 25.5 Å². The van der Waals surface area contributed by atoms with Crippen LogP contribution in [-0.2, 0) is 12.8 Å². The maximum atomic E-state index is 11.7. The van der Waals surface area contributed by atoms with Gasteiger partial charge in [-0.2, -0.15) is 0 Å². The van der Waals surface area contributed by atoms with Crippen LogP contribution in [-0.4, -0.2) is 33.1 Å². The highest BCUT2D eigenvalue weighted by molar-refractivity contribution is 5.93. The lowest BCUT2D eigenvalue weighted by molar-refractivity contribution is 0.0956. The molecule has 0 saturated carbocycles. The van der Waals surface area contributed by atoms with Crippen molar-refractivity contribution in [1.29, 1.82) is 0 Å². The first-order valence-electron chi connectivity index (χ1n) is 7.27. The van der Waals surface area contributed by atoms with Gasteiger partial charge in [-0.3, -0.25) is 4.79 Å². The number of anilines is 2. The van der Waals surface area contributed by atoms with E-state index in [0.29, 0.717) is 29.6 Å². The van der Waals surface area contributed by atoms with Crippen LogP contribution in [0.2, 0.25) is 0 Å². The van der Waals surface area contributed by atoms with Gasteiger partial charge in [0.05, 0.1) is 0 Å². The molecule has 0 atom stereocenters. The highest BCUT2D eigenvalue weighted by Crippen LogP contribution is 2.16. The molecule has 7 nitrogen and oxygen atoms in total. The van der Waals surface area contributed by atoms with Crippen LogP contribution >= 0.6 is 0 Å². The Morgan fingerprint density at radius 2 is 1.91 bits per heavy atom. The average Bonchev–Trinajstić information content (AvgIpc) is 2.53. The van der Waals surface area contributed by atoms with Crippen LogP contribution in [0.25, 0.3) is 0 Å². The summed E-state index contributed by atoms with van der Waals surface area (Å²) in [5.41, 5.74) is 2.14. The molecule has 2 heterocycles. The van der Waals surface area contributed by atoms with Gasteiger partial charge in [0.2, 0.25) is 0 Å². The fraction of sp³-hybridized carbons (Fsp3) is 0.400. The van der Waals surface area contributed by atoms with E-state index in [4.69, 9.17) is 0 Å². The lowest BCUT2D eigenvalue weighted by Gasteiger charge is -2.09. The van der Waals surface area contributed by atoms with E-state index in [9.17, 15) is 4.79 Å². The summed E-state index contributed by atoms with van der Waals surface area (Å²) in [5.74, 6) is 1.70. The van der Waals surface area contributed by atoms with Gasteiger partial charge in [0, 0.05) is 21.7 Å². The summed E-state index contributed by atoms with van der Waals surface area (Å²) in [6.45, 7) is 5.86. The Morgan fingerprint density at radius 1 is 1.14 bits per heavy atom. The number of nitrogens with one attached hydrogen (secondary N) is 2. The number of nitrogens with zero attached hydrogens (tertiary/aromatic N) is 4. The van der Waals surface area contributed by atoms with Gasteiger partial charge in [-0.15, -0.1) is 10.2 Å². The van der Waals surface area contributed by atoms with E-state index in [1.165, 1.54) is 0 Å². The van der Waals surface area contributed by atoms with E-state index in [2.05, 4.69) is 30.8 Å². The molecule has 0 fully saturated rings. The Labute approximate surface area is 132 Å². The monoisotopic (exact) mass is 304 g/mol. The molecule has 0 aliphatic carbocycles. The van der Waals surface area contributed by atoms with E-state index < -0.39 is 0 Å². The van der Waals surface area contributed by atoms with Gasteiger partial charge in [-0.1, -0.05) is 13.8 Å². The topological polar surface area (TPSA) is 92.7 Å². The zero-order valence-electron chi connectivity index (χ0n) is 13.3. The highest BCUT2D eigenvalue weighted by atomic mass is 16.1. The molecular formula is C15H24N6O. The number of carbonyl (C=O) groups is 1. The molecule has 0 saturated heterocycles. The quantitative estimate of drug-likeness (QED) is 0.880. The molecule has 0 aliphatic heterocycles. The lowest BCUT2D eigenvalue weighted by Crippen LogP contribution is -2.22. The summed E-state index contributed by atoms with van der Waals surface area (Å²) in [4.78, 5) is 20.4. The average molecular weight is 304 g/mol. The summed E-state index contributed by atoms with van der Waals surface area (Å²) in [5, 5.41) is 13.8. The Hall–Kier alpha value is -2.57. The number of hydrogen-bond donors (Lipinski definition) is 2. The fourth-order valence-corrected chi connectivity index (χ4v) is 2.08. The lowest BCUT2D eigenvalue weighted by atomic mass is 10.1. The second-order valence-electron chi connectivity index (χ2n) is 4.81. The molecule has 0 unspecified atom stereocenters. The maximum absolute atomic E-state index is 11.7. The Bertz CT molecular complexity index is 696. The van der Waals surface area contributed by atoms with Crippen LogP contribution in [0.5, 0.6) is 0 Å². The number of rotatable bonds is 5. The van der Waals surface area contributed by atoms with Crippen molar-refractivity contribution in [2.24, 2.45) is 0 Å². The minimum atomic E-state index is -0.234. The van der Waals surface area contributed by atoms with Crippen molar-refractivity contribution in [2.45, 2.75) is 33.6 Å². The van der Waals surface area contributed by atoms with Crippen LogP contribution < -0.4 is 10.6 Å². The molecule has 22 heavy (non-hydrogen) atoms. The van der Waals surface area contributed by atoms with Crippen LogP contribution in [0, 0.1) is 6.92 Å². The molecule has 2 aromatic rings. The zero-order valence-corrected chi connectivity index (χ0v) is 13.3. The predicted octanol–water partition coefficient (Wildman–Crippen LogP) is 2.30. The number of amides is 1. The molecule has 0 bridgehead atoms. The molecule has 2 rings (SSSR count). The molecule has 120 valence electrons. The second kappa shape index (κ2) is 6.93. The van der Waals surface area contributed by atoms with Gasteiger partial charge in [-0.05, 0) is 31.4 Å². The van der Waals surface area contributed by atoms with Gasteiger partial charge in [0.15, 0.2) is 11.5 Å². The highest BCUT2D eigenvalue weighted by Gasteiger charge is 2.13. The van der Waals surface area contributed by atoms with E-state index in [1.807, 2.05) is 32.9 Å². The molecule has 7 heteroatoms. The zero-order chi connectivity index (χ0) is 16.1. The molecule has 0 radical (unpaired) electrons. The van der Waals surface area contributed by atoms with E-state index >= 15 is 0 Å².